The van der Waals surface area contributed by atoms with Gasteiger partial charge in [-0.05, 0) is 44.0 Å². The first-order valence-electron chi connectivity index (χ1n) is 14.0. The Balaban J connectivity index is 1.59. The van der Waals surface area contributed by atoms with Crippen molar-refractivity contribution < 1.29 is 42.5 Å². The van der Waals surface area contributed by atoms with Crippen molar-refractivity contribution in [2.24, 2.45) is 5.92 Å². The Morgan fingerprint density at radius 2 is 1.98 bits per heavy atom. The second-order valence-electron chi connectivity index (χ2n) is 10.7. The molecule has 1 aromatic carbocycles. The molecule has 0 aliphatic carbocycles. The van der Waals surface area contributed by atoms with Crippen molar-refractivity contribution in [3.8, 4) is 11.8 Å². The van der Waals surface area contributed by atoms with Gasteiger partial charge in [0.1, 0.15) is 41.2 Å². The number of hydrogen-bond donors (Lipinski definition) is 4. The average Bonchev–Trinajstić information content (AvgIpc) is 3.49. The van der Waals surface area contributed by atoms with E-state index < -0.39 is 55.9 Å². The number of aliphatic hydroxyl groups excluding tert-OH is 1. The molecule has 1 fully saturated rings. The lowest BCUT2D eigenvalue weighted by atomic mass is 9.80. The Kier molecular flexibility index (Phi) is 9.94. The molecule has 14 nitrogen and oxygen atoms in total. The Labute approximate surface area is 253 Å². The van der Waals surface area contributed by atoms with Crippen molar-refractivity contribution in [3.05, 3.63) is 54.2 Å². The number of carbonyl (C=O) groups excluding carboxylic acids is 1. The van der Waals surface area contributed by atoms with Gasteiger partial charge < -0.3 is 29.9 Å². The number of aromatic nitrogens is 3. The summed E-state index contributed by atoms with van der Waals surface area (Å²) in [5.41, 5.74) is 1.14. The highest BCUT2D eigenvalue weighted by Crippen LogP contribution is 2.50. The molecule has 5 N–H and O–H groups in total. The second kappa shape index (κ2) is 13.2. The minimum Gasteiger partial charge on any atom is -0.464 e. The summed E-state index contributed by atoms with van der Waals surface area (Å²) in [6.45, 7) is 6.05. The zero-order valence-electron chi connectivity index (χ0n) is 24.7. The molecule has 0 radical (unpaired) electrons. The largest absolute Gasteiger partial charge is 0.464 e. The molecule has 3 aromatic rings. The van der Waals surface area contributed by atoms with Crippen molar-refractivity contribution in [2.45, 2.75) is 70.0 Å². The van der Waals surface area contributed by atoms with E-state index in [1.807, 2.05) is 19.9 Å². The number of benzene rings is 1. The number of nitrogen functional groups attached to an aromatic ring is 1. The summed E-state index contributed by atoms with van der Waals surface area (Å²) in [4.78, 5) is 16.2. The number of nitrogens with two attached hydrogens (primary N) is 1. The summed E-state index contributed by atoms with van der Waals surface area (Å²) < 4.78 is 51.6. The van der Waals surface area contributed by atoms with Crippen molar-refractivity contribution in [2.75, 3.05) is 18.9 Å². The third-order valence-electron chi connectivity index (χ3n) is 7.70. The number of halogens is 1. The Hall–Kier alpha value is -3.64. The molecule has 44 heavy (non-hydrogen) atoms. The van der Waals surface area contributed by atoms with Crippen LogP contribution in [0.5, 0.6) is 5.75 Å². The number of nitrogens with zero attached hydrogens (tertiary/aromatic N) is 4. The van der Waals surface area contributed by atoms with Crippen molar-refractivity contribution in [3.63, 3.8) is 0 Å². The van der Waals surface area contributed by atoms with Crippen LogP contribution in [0, 0.1) is 23.3 Å². The minimum absolute atomic E-state index is 0.125. The van der Waals surface area contributed by atoms with Crippen LogP contribution in [0.15, 0.2) is 42.5 Å². The number of para-hydroxylation sites is 1. The number of nitriles is 1. The van der Waals surface area contributed by atoms with Gasteiger partial charge in [0.25, 0.3) is 0 Å². The topological polar surface area (TPSA) is 204 Å². The monoisotopic (exact) mass is 634 g/mol. The van der Waals surface area contributed by atoms with Crippen LogP contribution in [0.1, 0.15) is 46.2 Å². The van der Waals surface area contributed by atoms with Crippen molar-refractivity contribution in [1.82, 2.24) is 19.7 Å². The molecule has 0 spiro atoms. The van der Waals surface area contributed by atoms with Crippen LogP contribution in [0.2, 0.25) is 0 Å². The van der Waals surface area contributed by atoms with Gasteiger partial charge in [-0.3, -0.25) is 9.32 Å². The molecule has 1 saturated heterocycles. The van der Waals surface area contributed by atoms with Crippen LogP contribution < -0.4 is 15.3 Å². The van der Waals surface area contributed by atoms with E-state index in [1.165, 1.54) is 31.2 Å². The van der Waals surface area contributed by atoms with Crippen LogP contribution in [-0.2, 0) is 29.0 Å². The van der Waals surface area contributed by atoms with E-state index in [1.54, 1.807) is 18.2 Å². The molecular weight excluding hydrogens is 598 g/mol. The molecular formula is C28H36FN6O8P. The quantitative estimate of drug-likeness (QED) is 0.158. The smallest absolute Gasteiger partial charge is 0.459 e. The molecule has 238 valence electrons. The van der Waals surface area contributed by atoms with E-state index in [0.717, 1.165) is 24.3 Å². The number of aliphatic hydroxyl groups is 2. The maximum atomic E-state index is 14.1. The number of nitrogens with one attached hydrogen (secondary N) is 1. The number of rotatable bonds is 13. The van der Waals surface area contributed by atoms with Gasteiger partial charge in [0.15, 0.2) is 5.82 Å². The number of carbonyl (C=O) groups is 1. The summed E-state index contributed by atoms with van der Waals surface area (Å²) in [5.74, 6) is -0.602. The Morgan fingerprint density at radius 1 is 1.30 bits per heavy atom. The lowest BCUT2D eigenvalue weighted by Crippen LogP contribution is -2.52. The SMILES string of the molecule is CCC(CC)COC(=O)[C@H](C)NP(=O)(OCC1O[C@@](C#N)(c2ccc3c(N)nc(F)nn23)[C@](C)(O)[C@@H]1O)Oc1ccccc1. The highest BCUT2D eigenvalue weighted by molar-refractivity contribution is 7.52. The predicted molar refractivity (Wildman–Crippen MR) is 154 cm³/mol. The number of esters is 1. The summed E-state index contributed by atoms with van der Waals surface area (Å²) in [6.07, 6.45) is -2.82. The second-order valence-corrected chi connectivity index (χ2v) is 12.4. The van der Waals surface area contributed by atoms with Crippen LogP contribution in [0.4, 0.5) is 10.2 Å². The molecule has 2 unspecified atom stereocenters. The fourth-order valence-electron chi connectivity index (χ4n) is 4.90. The van der Waals surface area contributed by atoms with Crippen LogP contribution in [-0.4, -0.2) is 67.8 Å². The molecule has 16 heteroatoms. The van der Waals surface area contributed by atoms with Gasteiger partial charge in [-0.15, -0.1) is 5.10 Å². The summed E-state index contributed by atoms with van der Waals surface area (Å²) >= 11 is 0. The van der Waals surface area contributed by atoms with E-state index in [0.29, 0.717) is 0 Å². The van der Waals surface area contributed by atoms with Gasteiger partial charge in [0, 0.05) is 0 Å². The van der Waals surface area contributed by atoms with Crippen LogP contribution in [0.3, 0.4) is 0 Å². The number of anilines is 1. The Morgan fingerprint density at radius 3 is 2.61 bits per heavy atom. The fraction of sp³-hybridized carbons (Fsp3) is 0.500. The molecule has 0 amide bonds. The van der Waals surface area contributed by atoms with E-state index in [4.69, 9.17) is 24.3 Å². The van der Waals surface area contributed by atoms with E-state index in [2.05, 4.69) is 15.2 Å². The van der Waals surface area contributed by atoms with E-state index in [9.17, 15) is 29.2 Å². The maximum Gasteiger partial charge on any atom is 0.459 e. The normalized spacial score (nSPS) is 25.4. The van der Waals surface area contributed by atoms with Crippen LogP contribution in [0.25, 0.3) is 5.52 Å². The standard InChI is InChI=1S/C28H36FN6O8P/c1-5-18(6-2)14-40-25(37)17(3)34-44(39,43-19-10-8-7-9-11-19)41-15-21-23(36)27(4,38)28(16-30,42-21)22-13-12-20-24(31)32-26(29)33-35(20)22/h7-13,17-18,21,23,36,38H,5-6,14-15H2,1-4H3,(H,34,39)(H2,31,32,33)/t17-,21?,23+,27+,28-,44?/m0/s1. The van der Waals surface area contributed by atoms with Gasteiger partial charge in [-0.1, -0.05) is 44.9 Å². The highest BCUT2D eigenvalue weighted by atomic mass is 31.2. The van der Waals surface area contributed by atoms with E-state index in [-0.39, 0.29) is 35.3 Å². The molecule has 6 atom stereocenters. The molecule has 3 heterocycles. The number of hydrogen-bond acceptors (Lipinski definition) is 12. The zero-order valence-corrected chi connectivity index (χ0v) is 25.6. The molecule has 1 aliphatic heterocycles. The van der Waals surface area contributed by atoms with Crippen LogP contribution >= 0.6 is 7.75 Å². The number of ether oxygens (including phenoxy) is 2. The van der Waals surface area contributed by atoms with Gasteiger partial charge in [-0.25, -0.2) is 9.08 Å². The molecule has 0 bridgehead atoms. The first-order valence-corrected chi connectivity index (χ1v) is 15.6. The highest BCUT2D eigenvalue weighted by Gasteiger charge is 2.65. The fourth-order valence-corrected chi connectivity index (χ4v) is 6.40. The van der Waals surface area contributed by atoms with Gasteiger partial charge in [0.2, 0.25) is 5.60 Å². The lowest BCUT2D eigenvalue weighted by Gasteiger charge is -2.33. The molecule has 4 rings (SSSR count). The number of fused-ring (bicyclic) bond motifs is 1. The predicted octanol–water partition coefficient (Wildman–Crippen LogP) is 2.84. The summed E-state index contributed by atoms with van der Waals surface area (Å²) in [7, 11) is -4.39. The zero-order chi connectivity index (χ0) is 32.3. The first kappa shape index (κ1) is 33.3. The summed E-state index contributed by atoms with van der Waals surface area (Å²) in [5, 5.41) is 39.0. The van der Waals surface area contributed by atoms with Crippen molar-refractivity contribution >= 4 is 25.1 Å². The molecule has 2 aromatic heterocycles. The minimum atomic E-state index is -4.39. The third-order valence-corrected chi connectivity index (χ3v) is 9.34. The van der Waals surface area contributed by atoms with Gasteiger partial charge >= 0.3 is 19.8 Å². The first-order chi connectivity index (χ1) is 20.8. The molecule has 0 saturated carbocycles. The van der Waals surface area contributed by atoms with E-state index >= 15 is 0 Å². The Bertz CT molecular complexity index is 1560. The average molecular weight is 635 g/mol. The van der Waals surface area contributed by atoms with Crippen molar-refractivity contribution in [1.29, 1.82) is 5.26 Å². The van der Waals surface area contributed by atoms with Gasteiger partial charge in [-0.2, -0.15) is 19.7 Å². The summed E-state index contributed by atoms with van der Waals surface area (Å²) in [6, 6.07) is 11.5. The molecule has 1 aliphatic rings. The van der Waals surface area contributed by atoms with Gasteiger partial charge in [0.05, 0.1) is 18.9 Å². The maximum absolute atomic E-state index is 14.1. The third kappa shape index (κ3) is 6.41. The lowest BCUT2D eigenvalue weighted by molar-refractivity contribution is -0.146.